The predicted molar refractivity (Wildman–Crippen MR) is 61.0 cm³/mol. The quantitative estimate of drug-likeness (QED) is 0.722. The number of nitrogens with one attached hydrogen (secondary N) is 1. The first kappa shape index (κ1) is 9.40. The maximum Gasteiger partial charge on any atom is 0.232 e. The molecule has 1 amide bonds. The molecular weight excluding hydrogens is 196 g/mol. The van der Waals surface area contributed by atoms with E-state index in [0.29, 0.717) is 12.3 Å². The molecule has 0 atom stereocenters. The second kappa shape index (κ2) is 3.53. The van der Waals surface area contributed by atoms with E-state index in [1.807, 2.05) is 25.2 Å². The highest BCUT2D eigenvalue weighted by atomic mass is 32.1. The summed E-state index contributed by atoms with van der Waals surface area (Å²) in [6.45, 7) is 0. The summed E-state index contributed by atoms with van der Waals surface area (Å²) in [5, 5.41) is 3.06. The van der Waals surface area contributed by atoms with Crippen molar-refractivity contribution in [3.63, 3.8) is 0 Å². The van der Waals surface area contributed by atoms with Gasteiger partial charge in [0, 0.05) is 18.4 Å². The number of anilines is 2. The van der Waals surface area contributed by atoms with Crippen LogP contribution in [0.1, 0.15) is 5.56 Å². The number of amides is 1. The Morgan fingerprint density at radius 3 is 3.00 bits per heavy atom. The highest BCUT2D eigenvalue weighted by Crippen LogP contribution is 2.31. The third-order valence-corrected chi connectivity index (χ3v) is 2.73. The van der Waals surface area contributed by atoms with E-state index in [-0.39, 0.29) is 5.91 Å². The zero-order valence-electron chi connectivity index (χ0n) is 7.95. The molecule has 1 aliphatic heterocycles. The molecule has 0 aliphatic carbocycles. The lowest BCUT2D eigenvalue weighted by molar-refractivity contribution is -0.117. The summed E-state index contributed by atoms with van der Waals surface area (Å²) in [5.41, 5.74) is 3.11. The van der Waals surface area contributed by atoms with Crippen LogP contribution >= 0.6 is 12.6 Å². The van der Waals surface area contributed by atoms with E-state index in [4.69, 9.17) is 0 Å². The third kappa shape index (κ3) is 1.35. The second-order valence-electron chi connectivity index (χ2n) is 3.23. The average molecular weight is 208 g/mol. The Hall–Kier alpha value is -1.16. The van der Waals surface area contributed by atoms with Crippen molar-refractivity contribution in [2.45, 2.75) is 6.42 Å². The normalized spacial score (nSPS) is 14.4. The summed E-state index contributed by atoms with van der Waals surface area (Å²) in [6, 6.07) is 5.94. The number of nitrogens with zero attached hydrogens (tertiary/aromatic N) is 1. The van der Waals surface area contributed by atoms with Gasteiger partial charge in [0.15, 0.2) is 0 Å². The maximum absolute atomic E-state index is 11.5. The van der Waals surface area contributed by atoms with E-state index >= 15 is 0 Å². The minimum atomic E-state index is 0.128. The van der Waals surface area contributed by atoms with Crippen molar-refractivity contribution >= 4 is 29.9 Å². The molecule has 2 rings (SSSR count). The van der Waals surface area contributed by atoms with Gasteiger partial charge in [-0.1, -0.05) is 0 Å². The number of rotatable bonds is 2. The Labute approximate surface area is 88.5 Å². The summed E-state index contributed by atoms with van der Waals surface area (Å²) < 4.78 is 0. The molecular formula is C10H12N2OS. The number of fused-ring (bicyclic) bond motifs is 1. The molecule has 4 heteroatoms. The fourth-order valence-corrected chi connectivity index (χ4v) is 2.00. The van der Waals surface area contributed by atoms with Crippen LogP contribution in [0, 0.1) is 0 Å². The van der Waals surface area contributed by atoms with Crippen molar-refractivity contribution in [3.8, 4) is 0 Å². The molecule has 14 heavy (non-hydrogen) atoms. The summed E-state index contributed by atoms with van der Waals surface area (Å²) in [6.07, 6.45) is 0.491. The predicted octanol–water partition coefficient (Wildman–Crippen LogP) is 1.50. The number of benzene rings is 1. The first-order valence-corrected chi connectivity index (χ1v) is 5.11. The molecule has 1 aromatic carbocycles. The summed E-state index contributed by atoms with van der Waals surface area (Å²) in [7, 11) is 1.87. The van der Waals surface area contributed by atoms with E-state index in [9.17, 15) is 4.79 Å². The van der Waals surface area contributed by atoms with Crippen LogP contribution in [0.5, 0.6) is 0 Å². The monoisotopic (exact) mass is 208 g/mol. The Balaban J connectivity index is 2.42. The highest BCUT2D eigenvalue weighted by molar-refractivity contribution is 7.80. The van der Waals surface area contributed by atoms with Crippen molar-refractivity contribution in [1.82, 2.24) is 0 Å². The molecule has 1 aliphatic rings. The van der Waals surface area contributed by atoms with Crippen LogP contribution in [0.4, 0.5) is 11.4 Å². The molecule has 0 radical (unpaired) electrons. The van der Waals surface area contributed by atoms with Gasteiger partial charge in [0.2, 0.25) is 5.91 Å². The summed E-state index contributed by atoms with van der Waals surface area (Å²) in [4.78, 5) is 13.2. The second-order valence-corrected chi connectivity index (χ2v) is 3.52. The zero-order valence-corrected chi connectivity index (χ0v) is 8.84. The van der Waals surface area contributed by atoms with Crippen molar-refractivity contribution < 1.29 is 4.79 Å². The van der Waals surface area contributed by atoms with Gasteiger partial charge in [0.25, 0.3) is 0 Å². The minimum Gasteiger partial charge on any atom is -0.388 e. The van der Waals surface area contributed by atoms with Crippen LogP contribution in [0.15, 0.2) is 18.2 Å². The lowest BCUT2D eigenvalue weighted by Crippen LogP contribution is -2.24. The van der Waals surface area contributed by atoms with Crippen LogP contribution in [-0.4, -0.2) is 18.8 Å². The van der Waals surface area contributed by atoms with Crippen LogP contribution < -0.4 is 10.2 Å². The SMILES string of the molecule is CNc1ccc2c(c1)CC(=O)N2CS. The fourth-order valence-electron chi connectivity index (χ4n) is 1.69. The largest absolute Gasteiger partial charge is 0.388 e. The summed E-state index contributed by atoms with van der Waals surface area (Å²) >= 11 is 4.14. The molecule has 0 fully saturated rings. The molecule has 1 aromatic rings. The molecule has 1 heterocycles. The van der Waals surface area contributed by atoms with Crippen LogP contribution in [-0.2, 0) is 11.2 Å². The van der Waals surface area contributed by atoms with Crippen molar-refractivity contribution in [1.29, 1.82) is 0 Å². The number of thiol groups is 1. The Kier molecular flexibility index (Phi) is 2.37. The lowest BCUT2D eigenvalue weighted by Gasteiger charge is -2.13. The first-order chi connectivity index (χ1) is 6.76. The highest BCUT2D eigenvalue weighted by Gasteiger charge is 2.25. The molecule has 0 spiro atoms. The smallest absolute Gasteiger partial charge is 0.232 e. The summed E-state index contributed by atoms with van der Waals surface area (Å²) in [5.74, 6) is 0.577. The van der Waals surface area contributed by atoms with E-state index in [1.54, 1.807) is 4.90 Å². The molecule has 0 saturated carbocycles. The zero-order chi connectivity index (χ0) is 10.1. The van der Waals surface area contributed by atoms with Crippen LogP contribution in [0.2, 0.25) is 0 Å². The minimum absolute atomic E-state index is 0.128. The molecule has 0 unspecified atom stereocenters. The molecule has 1 N–H and O–H groups in total. The van der Waals surface area contributed by atoms with Gasteiger partial charge >= 0.3 is 0 Å². The lowest BCUT2D eigenvalue weighted by atomic mass is 10.1. The number of carbonyl (C=O) groups is 1. The topological polar surface area (TPSA) is 32.3 Å². The standard InChI is InChI=1S/C10H12N2OS/c1-11-8-2-3-9-7(4-8)5-10(13)12(9)6-14/h2-4,11,14H,5-6H2,1H3. The van der Waals surface area contributed by atoms with Gasteiger partial charge in [0.05, 0.1) is 12.3 Å². The third-order valence-electron chi connectivity index (χ3n) is 2.44. The van der Waals surface area contributed by atoms with Gasteiger partial charge in [-0.3, -0.25) is 4.79 Å². The van der Waals surface area contributed by atoms with Gasteiger partial charge in [-0.25, -0.2) is 0 Å². The Bertz CT molecular complexity index is 378. The Morgan fingerprint density at radius 2 is 2.36 bits per heavy atom. The van der Waals surface area contributed by atoms with E-state index in [1.165, 1.54) is 0 Å². The van der Waals surface area contributed by atoms with Crippen LogP contribution in [0.25, 0.3) is 0 Å². The molecule has 0 bridgehead atoms. The van der Waals surface area contributed by atoms with Gasteiger partial charge in [-0.2, -0.15) is 12.6 Å². The molecule has 0 saturated heterocycles. The molecule has 74 valence electrons. The first-order valence-electron chi connectivity index (χ1n) is 4.48. The Morgan fingerprint density at radius 1 is 1.57 bits per heavy atom. The average Bonchev–Trinajstić information content (AvgIpc) is 2.51. The van der Waals surface area contributed by atoms with Gasteiger partial charge in [-0.05, 0) is 23.8 Å². The maximum atomic E-state index is 11.5. The fraction of sp³-hybridized carbons (Fsp3) is 0.300. The van der Waals surface area contributed by atoms with E-state index in [2.05, 4.69) is 17.9 Å². The molecule has 3 nitrogen and oxygen atoms in total. The van der Waals surface area contributed by atoms with Crippen molar-refractivity contribution in [2.75, 3.05) is 23.1 Å². The van der Waals surface area contributed by atoms with Gasteiger partial charge < -0.3 is 10.2 Å². The molecule has 0 aromatic heterocycles. The van der Waals surface area contributed by atoms with Crippen LogP contribution in [0.3, 0.4) is 0 Å². The van der Waals surface area contributed by atoms with Crippen molar-refractivity contribution in [3.05, 3.63) is 23.8 Å². The number of hydrogen-bond donors (Lipinski definition) is 2. The van der Waals surface area contributed by atoms with Gasteiger partial charge in [0.1, 0.15) is 0 Å². The van der Waals surface area contributed by atoms with Gasteiger partial charge in [-0.15, -0.1) is 0 Å². The number of hydrogen-bond acceptors (Lipinski definition) is 3. The van der Waals surface area contributed by atoms with E-state index in [0.717, 1.165) is 16.9 Å². The van der Waals surface area contributed by atoms with Crippen molar-refractivity contribution in [2.24, 2.45) is 0 Å². The number of carbonyl (C=O) groups excluding carboxylic acids is 1. The van der Waals surface area contributed by atoms with E-state index < -0.39 is 0 Å².